The Morgan fingerprint density at radius 1 is 2.00 bits per heavy atom. The van der Waals surface area contributed by atoms with Crippen LogP contribution in [-0.2, 0) is 4.79 Å². The number of rotatable bonds is 1. The van der Waals surface area contributed by atoms with Gasteiger partial charge in [0.15, 0.2) is 0 Å². The fourth-order valence-electron chi connectivity index (χ4n) is 0. The fourth-order valence-corrected chi connectivity index (χ4v) is 0. The first-order chi connectivity index (χ1) is 2.27. The second-order valence-corrected chi connectivity index (χ2v) is 2.39. The number of hydrogen-bond acceptors (Lipinski definition) is 1. The molecule has 0 fully saturated rings. The summed E-state index contributed by atoms with van der Waals surface area (Å²) in [6.07, 6.45) is 0. The number of carbonyl (C=O) groups is 1. The van der Waals surface area contributed by atoms with Crippen LogP contribution in [-0.4, -0.2) is 24.2 Å². The van der Waals surface area contributed by atoms with Crippen LogP contribution in [0.25, 0.3) is 0 Å². The van der Waals surface area contributed by atoms with E-state index in [1.165, 1.54) is 0 Å². The molecular weight excluding hydrogens is 96.2 g/mol. The Hall–Kier alpha value is 0.104. The van der Waals surface area contributed by atoms with E-state index < -0.39 is 0 Å². The van der Waals surface area contributed by atoms with Gasteiger partial charge in [-0.2, -0.15) is 0 Å². The van der Waals surface area contributed by atoms with Gasteiger partial charge in [0, 0.05) is 9.76 Å². The van der Waals surface area contributed by atoms with Gasteiger partial charge in [-0.1, -0.05) is 0 Å². The lowest BCUT2D eigenvalue weighted by Crippen LogP contribution is -2.00. The molecular formula is C2H3OSi2. The molecule has 5 heavy (non-hydrogen) atoms. The summed E-state index contributed by atoms with van der Waals surface area (Å²) in [7, 11) is 3.31. The van der Waals surface area contributed by atoms with Crippen molar-refractivity contribution in [3.8, 4) is 0 Å². The first-order valence-electron chi connectivity index (χ1n) is 1.20. The van der Waals surface area contributed by atoms with Crippen LogP contribution >= 0.6 is 0 Å². The largest absolute Gasteiger partial charge is 0.307 e. The Morgan fingerprint density at radius 2 is 2.20 bits per heavy atom. The smallest absolute Gasteiger partial charge is 0.111 e. The minimum Gasteiger partial charge on any atom is -0.307 e. The van der Waals surface area contributed by atoms with Crippen LogP contribution < -0.4 is 0 Å². The predicted octanol–water partition coefficient (Wildman–Crippen LogP) is -0.679. The van der Waals surface area contributed by atoms with Gasteiger partial charge in [-0.05, 0) is 6.92 Å². The van der Waals surface area contributed by atoms with Crippen LogP contribution in [0.4, 0.5) is 0 Å². The maximum Gasteiger partial charge on any atom is 0.111 e. The Labute approximate surface area is 36.8 Å². The average Bonchev–Trinajstić information content (AvgIpc) is 1.38. The number of carbonyl (C=O) groups excluding carboxylic acids is 1. The molecule has 0 aliphatic heterocycles. The molecule has 25 valence electrons. The van der Waals surface area contributed by atoms with Crippen molar-refractivity contribution in [3.05, 3.63) is 0 Å². The Morgan fingerprint density at radius 3 is 2.20 bits per heavy atom. The van der Waals surface area contributed by atoms with Gasteiger partial charge < -0.3 is 4.79 Å². The molecule has 0 heterocycles. The van der Waals surface area contributed by atoms with Gasteiger partial charge in [0.2, 0.25) is 0 Å². The lowest BCUT2D eigenvalue weighted by molar-refractivity contribution is -0.110. The minimum absolute atomic E-state index is 0.196. The molecule has 0 atom stereocenters. The van der Waals surface area contributed by atoms with Gasteiger partial charge in [-0.3, -0.25) is 0 Å². The molecule has 0 aromatic heterocycles. The molecule has 0 unspecified atom stereocenters. The zero-order valence-corrected chi connectivity index (χ0v) is 4.91. The minimum atomic E-state index is 0.196. The van der Waals surface area contributed by atoms with Crippen LogP contribution in [0.15, 0.2) is 0 Å². The highest BCUT2D eigenvalue weighted by molar-refractivity contribution is 7.07. The highest BCUT2D eigenvalue weighted by Crippen LogP contribution is 1.50. The summed E-state index contributed by atoms with van der Waals surface area (Å²) >= 11 is 0. The Kier molecular flexibility index (Phi) is 2.40. The zero-order chi connectivity index (χ0) is 4.28. The molecule has 0 bridgehead atoms. The van der Waals surface area contributed by atoms with Gasteiger partial charge in [0.25, 0.3) is 0 Å². The van der Waals surface area contributed by atoms with Crippen molar-refractivity contribution in [2.75, 3.05) is 0 Å². The molecule has 0 aromatic carbocycles. The monoisotopic (exact) mass is 99.0 g/mol. The lowest BCUT2D eigenvalue weighted by Gasteiger charge is -1.69. The molecule has 1 nitrogen and oxygen atoms in total. The molecule has 3 heteroatoms. The normalized spacial score (nSPS) is 7.60. The van der Waals surface area contributed by atoms with E-state index in [9.17, 15) is 4.79 Å². The van der Waals surface area contributed by atoms with E-state index in [0.717, 1.165) is 0 Å². The van der Waals surface area contributed by atoms with Gasteiger partial charge in [0.05, 0.1) is 0 Å². The summed E-state index contributed by atoms with van der Waals surface area (Å²) in [6, 6.07) is 0. The van der Waals surface area contributed by atoms with E-state index in [-0.39, 0.29) is 14.4 Å². The third-order valence-electron chi connectivity index (χ3n) is 0.176. The van der Waals surface area contributed by atoms with Gasteiger partial charge in [-0.15, -0.1) is 0 Å². The second kappa shape index (κ2) is 2.35. The SMILES string of the molecule is CC(=O)[Si][Si]. The summed E-state index contributed by atoms with van der Waals surface area (Å²) < 4.78 is 0. The van der Waals surface area contributed by atoms with E-state index in [0.29, 0.717) is 0 Å². The molecule has 0 saturated carbocycles. The van der Waals surface area contributed by atoms with E-state index in [1.54, 1.807) is 6.92 Å². The van der Waals surface area contributed by atoms with Crippen LogP contribution in [0.2, 0.25) is 0 Å². The molecule has 0 rings (SSSR count). The standard InChI is InChI=1S/C2H3OSi2/c1-2(3)5-4/h1H3. The van der Waals surface area contributed by atoms with E-state index in [2.05, 4.69) is 9.76 Å². The quantitative estimate of drug-likeness (QED) is 0.398. The highest BCUT2D eigenvalue weighted by atomic mass is 29.1. The van der Waals surface area contributed by atoms with Crippen molar-refractivity contribution >= 4 is 24.2 Å². The summed E-state index contributed by atoms with van der Waals surface area (Å²) in [4.78, 5) is 9.78. The van der Waals surface area contributed by atoms with E-state index >= 15 is 0 Å². The summed E-state index contributed by atoms with van der Waals surface area (Å²) in [5.41, 5.74) is 0. The van der Waals surface area contributed by atoms with Crippen LogP contribution in [0.1, 0.15) is 6.92 Å². The van der Waals surface area contributed by atoms with Crippen LogP contribution in [0.5, 0.6) is 0 Å². The maximum absolute atomic E-state index is 9.78. The zero-order valence-electron chi connectivity index (χ0n) is 2.91. The summed E-state index contributed by atoms with van der Waals surface area (Å²) in [6.45, 7) is 1.55. The molecule has 0 aliphatic rings. The van der Waals surface area contributed by atoms with Crippen molar-refractivity contribution in [2.24, 2.45) is 0 Å². The average molecular weight is 99.2 g/mol. The maximum atomic E-state index is 9.78. The first kappa shape index (κ1) is 5.10. The van der Waals surface area contributed by atoms with Crippen molar-refractivity contribution in [3.63, 3.8) is 0 Å². The summed E-state index contributed by atoms with van der Waals surface area (Å²) in [5.74, 6) is 0. The Bertz CT molecular complexity index is 42.9. The molecule has 0 saturated heterocycles. The molecule has 5 radical (unpaired) electrons. The topological polar surface area (TPSA) is 17.1 Å². The molecule has 0 spiro atoms. The third kappa shape index (κ3) is 4.10. The summed E-state index contributed by atoms with van der Waals surface area (Å²) in [5, 5.41) is 0.196. The molecule has 0 N–H and O–H groups in total. The van der Waals surface area contributed by atoms with Gasteiger partial charge >= 0.3 is 0 Å². The van der Waals surface area contributed by atoms with Crippen LogP contribution in [0, 0.1) is 0 Å². The van der Waals surface area contributed by atoms with Crippen molar-refractivity contribution in [1.29, 1.82) is 0 Å². The highest BCUT2D eigenvalue weighted by Gasteiger charge is 1.79. The molecule has 0 aromatic rings. The molecule has 0 aliphatic carbocycles. The van der Waals surface area contributed by atoms with Crippen molar-refractivity contribution in [2.45, 2.75) is 6.92 Å². The van der Waals surface area contributed by atoms with Gasteiger partial charge in [-0.25, -0.2) is 0 Å². The van der Waals surface area contributed by atoms with E-state index in [1.807, 2.05) is 0 Å². The Balaban J connectivity index is 2.85. The van der Waals surface area contributed by atoms with Crippen molar-refractivity contribution in [1.82, 2.24) is 0 Å². The van der Waals surface area contributed by atoms with Gasteiger partial charge in [0.1, 0.15) is 14.4 Å². The fraction of sp³-hybridized carbons (Fsp3) is 0.500. The first-order valence-corrected chi connectivity index (χ1v) is 3.70. The second-order valence-electron chi connectivity index (χ2n) is 0.681. The van der Waals surface area contributed by atoms with Crippen molar-refractivity contribution < 1.29 is 4.79 Å². The lowest BCUT2D eigenvalue weighted by atomic mass is 10.9. The number of hydrogen-bond donors (Lipinski definition) is 0. The van der Waals surface area contributed by atoms with Crippen LogP contribution in [0.3, 0.4) is 0 Å². The molecule has 0 amide bonds. The predicted molar refractivity (Wildman–Crippen MR) is 22.2 cm³/mol. The van der Waals surface area contributed by atoms with E-state index in [4.69, 9.17) is 0 Å². The third-order valence-corrected chi connectivity index (χ3v) is 1.58.